The van der Waals surface area contributed by atoms with Crippen LogP contribution < -0.4 is 5.73 Å². The van der Waals surface area contributed by atoms with Crippen molar-refractivity contribution in [2.75, 3.05) is 0 Å². The second-order valence-corrected chi connectivity index (χ2v) is 3.94. The minimum Gasteiger partial charge on any atom is -0.368 e. The van der Waals surface area contributed by atoms with E-state index in [4.69, 9.17) is 5.73 Å². The van der Waals surface area contributed by atoms with Gasteiger partial charge in [0.1, 0.15) is 17.9 Å². The number of nitrogens with two attached hydrogens (primary N) is 1. The van der Waals surface area contributed by atoms with E-state index >= 15 is 0 Å². The molecule has 2 heterocycles. The molecule has 0 saturated carbocycles. The van der Waals surface area contributed by atoms with Crippen LogP contribution in [0.2, 0.25) is 0 Å². The Hall–Kier alpha value is -1.98. The lowest BCUT2D eigenvalue weighted by molar-refractivity contribution is -0.121. The van der Waals surface area contributed by atoms with Gasteiger partial charge < -0.3 is 10.3 Å². The third-order valence-electron chi connectivity index (χ3n) is 2.73. The summed E-state index contributed by atoms with van der Waals surface area (Å²) >= 11 is 0. The number of rotatable bonds is 5. The van der Waals surface area contributed by atoms with Gasteiger partial charge in [0.2, 0.25) is 5.91 Å². The molecule has 0 spiro atoms. The Balaban J connectivity index is 2.38. The van der Waals surface area contributed by atoms with Crippen LogP contribution in [0.1, 0.15) is 32.2 Å². The topological polar surface area (TPSA) is 86.7 Å². The number of imidazole rings is 1. The Kier molecular flexibility index (Phi) is 3.32. The zero-order chi connectivity index (χ0) is 12.3. The van der Waals surface area contributed by atoms with Gasteiger partial charge >= 0.3 is 0 Å². The van der Waals surface area contributed by atoms with Crippen LogP contribution in [0.5, 0.6) is 0 Å². The van der Waals surface area contributed by atoms with Gasteiger partial charge in [-0.25, -0.2) is 15.0 Å². The molecule has 0 aromatic carbocycles. The van der Waals surface area contributed by atoms with E-state index in [1.807, 2.05) is 0 Å². The van der Waals surface area contributed by atoms with E-state index in [9.17, 15) is 4.79 Å². The lowest BCUT2D eigenvalue weighted by Gasteiger charge is -2.14. The van der Waals surface area contributed by atoms with E-state index in [1.165, 1.54) is 6.33 Å². The number of aromatic nitrogens is 4. The Morgan fingerprint density at radius 2 is 2.35 bits per heavy atom. The molecule has 2 aromatic rings. The fourth-order valence-electron chi connectivity index (χ4n) is 1.83. The van der Waals surface area contributed by atoms with Crippen LogP contribution >= 0.6 is 0 Å². The largest absolute Gasteiger partial charge is 0.368 e. The van der Waals surface area contributed by atoms with Crippen molar-refractivity contribution in [3.8, 4) is 0 Å². The normalized spacial score (nSPS) is 12.8. The Bertz CT molecular complexity index is 521. The zero-order valence-corrected chi connectivity index (χ0v) is 9.71. The minimum absolute atomic E-state index is 0.351. The Morgan fingerprint density at radius 3 is 3.06 bits per heavy atom. The SMILES string of the molecule is CCCCC(C(N)=O)n1cnc2cncnc21. The first-order chi connectivity index (χ1) is 8.24. The number of amides is 1. The molecule has 1 atom stereocenters. The molecular weight excluding hydrogens is 218 g/mol. The van der Waals surface area contributed by atoms with Crippen molar-refractivity contribution in [3.63, 3.8) is 0 Å². The lowest BCUT2D eigenvalue weighted by atomic mass is 10.1. The summed E-state index contributed by atoms with van der Waals surface area (Å²) in [7, 11) is 0. The number of hydrogen-bond donors (Lipinski definition) is 1. The average molecular weight is 233 g/mol. The van der Waals surface area contributed by atoms with Gasteiger partial charge in [-0.05, 0) is 6.42 Å². The maximum absolute atomic E-state index is 11.5. The third-order valence-corrected chi connectivity index (χ3v) is 2.73. The van der Waals surface area contributed by atoms with E-state index in [0.717, 1.165) is 12.8 Å². The van der Waals surface area contributed by atoms with Gasteiger partial charge in [-0.1, -0.05) is 19.8 Å². The zero-order valence-electron chi connectivity index (χ0n) is 9.71. The van der Waals surface area contributed by atoms with Gasteiger partial charge in [0.25, 0.3) is 0 Å². The average Bonchev–Trinajstić information content (AvgIpc) is 2.73. The number of nitrogens with zero attached hydrogens (tertiary/aromatic N) is 4. The number of primary amides is 1. The van der Waals surface area contributed by atoms with Gasteiger partial charge in [-0.15, -0.1) is 0 Å². The number of carbonyl (C=O) groups is 1. The van der Waals surface area contributed by atoms with E-state index < -0.39 is 0 Å². The molecule has 6 heteroatoms. The summed E-state index contributed by atoms with van der Waals surface area (Å²) in [5.41, 5.74) is 6.76. The van der Waals surface area contributed by atoms with Crippen molar-refractivity contribution in [1.29, 1.82) is 0 Å². The molecule has 2 N–H and O–H groups in total. The van der Waals surface area contributed by atoms with E-state index in [0.29, 0.717) is 17.6 Å². The van der Waals surface area contributed by atoms with Crippen LogP contribution in [0.15, 0.2) is 18.9 Å². The van der Waals surface area contributed by atoms with E-state index in [-0.39, 0.29) is 11.9 Å². The van der Waals surface area contributed by atoms with E-state index in [2.05, 4.69) is 21.9 Å². The first-order valence-corrected chi connectivity index (χ1v) is 5.66. The van der Waals surface area contributed by atoms with Crippen LogP contribution in [0.4, 0.5) is 0 Å². The Morgan fingerprint density at radius 1 is 1.53 bits per heavy atom. The second kappa shape index (κ2) is 4.90. The fourth-order valence-corrected chi connectivity index (χ4v) is 1.83. The molecule has 90 valence electrons. The molecule has 2 rings (SSSR count). The van der Waals surface area contributed by atoms with Crippen LogP contribution in [-0.4, -0.2) is 25.4 Å². The summed E-state index contributed by atoms with van der Waals surface area (Å²) in [4.78, 5) is 23.7. The van der Waals surface area contributed by atoms with Crippen molar-refractivity contribution in [1.82, 2.24) is 19.5 Å². The summed E-state index contributed by atoms with van der Waals surface area (Å²) in [6.45, 7) is 2.08. The molecule has 0 fully saturated rings. The number of fused-ring (bicyclic) bond motifs is 1. The maximum Gasteiger partial charge on any atom is 0.240 e. The molecule has 0 saturated heterocycles. The predicted molar refractivity (Wildman–Crippen MR) is 63.1 cm³/mol. The second-order valence-electron chi connectivity index (χ2n) is 3.94. The first-order valence-electron chi connectivity index (χ1n) is 5.66. The minimum atomic E-state index is -0.380. The van der Waals surface area contributed by atoms with Crippen LogP contribution in [0, 0.1) is 0 Å². The Labute approximate surface area is 98.9 Å². The van der Waals surface area contributed by atoms with E-state index in [1.54, 1.807) is 17.1 Å². The van der Waals surface area contributed by atoms with Crippen LogP contribution in [0.25, 0.3) is 11.2 Å². The highest BCUT2D eigenvalue weighted by atomic mass is 16.1. The highest BCUT2D eigenvalue weighted by Gasteiger charge is 2.19. The molecule has 6 nitrogen and oxygen atoms in total. The molecule has 0 bridgehead atoms. The standard InChI is InChI=1S/C11H15N5O/c1-2-3-4-9(10(12)17)16-7-15-8-5-13-6-14-11(8)16/h5-7,9H,2-4H2,1H3,(H2,12,17). The molecular formula is C11H15N5O. The van der Waals surface area contributed by atoms with Crippen LogP contribution in [0.3, 0.4) is 0 Å². The lowest BCUT2D eigenvalue weighted by Crippen LogP contribution is -2.26. The van der Waals surface area contributed by atoms with Crippen molar-refractivity contribution in [2.24, 2.45) is 5.73 Å². The molecule has 0 aliphatic rings. The van der Waals surface area contributed by atoms with Gasteiger partial charge in [-0.2, -0.15) is 0 Å². The third kappa shape index (κ3) is 2.25. The van der Waals surface area contributed by atoms with Gasteiger partial charge in [0, 0.05) is 0 Å². The van der Waals surface area contributed by atoms with Gasteiger partial charge in [0.05, 0.1) is 12.5 Å². The molecule has 2 aromatic heterocycles. The number of unbranched alkanes of at least 4 members (excludes halogenated alkanes) is 1. The molecule has 0 aliphatic heterocycles. The quantitative estimate of drug-likeness (QED) is 0.836. The molecule has 1 unspecified atom stereocenters. The van der Waals surface area contributed by atoms with Gasteiger partial charge in [0.15, 0.2) is 5.65 Å². The monoisotopic (exact) mass is 233 g/mol. The molecule has 0 aliphatic carbocycles. The molecule has 17 heavy (non-hydrogen) atoms. The summed E-state index contributed by atoms with van der Waals surface area (Å²) < 4.78 is 1.73. The first kappa shape index (κ1) is 11.5. The summed E-state index contributed by atoms with van der Waals surface area (Å²) in [5, 5.41) is 0. The summed E-state index contributed by atoms with van der Waals surface area (Å²) in [5.74, 6) is -0.351. The predicted octanol–water partition coefficient (Wildman–Crippen LogP) is 1.04. The van der Waals surface area contributed by atoms with Crippen LogP contribution in [-0.2, 0) is 4.79 Å². The van der Waals surface area contributed by atoms with Crippen molar-refractivity contribution < 1.29 is 4.79 Å². The summed E-state index contributed by atoms with van der Waals surface area (Å²) in [6.07, 6.45) is 7.34. The highest BCUT2D eigenvalue weighted by molar-refractivity contribution is 5.81. The smallest absolute Gasteiger partial charge is 0.240 e. The maximum atomic E-state index is 11.5. The fraction of sp³-hybridized carbons (Fsp3) is 0.455. The number of carbonyl (C=O) groups excluding carboxylic acids is 1. The highest BCUT2D eigenvalue weighted by Crippen LogP contribution is 2.19. The number of hydrogen-bond acceptors (Lipinski definition) is 4. The van der Waals surface area contributed by atoms with Crippen molar-refractivity contribution in [3.05, 3.63) is 18.9 Å². The van der Waals surface area contributed by atoms with Crippen molar-refractivity contribution >= 4 is 17.1 Å². The summed E-state index contributed by atoms with van der Waals surface area (Å²) in [6, 6.07) is -0.380. The molecule has 1 amide bonds. The molecule has 0 radical (unpaired) electrons. The van der Waals surface area contributed by atoms with Crippen molar-refractivity contribution in [2.45, 2.75) is 32.2 Å². The van der Waals surface area contributed by atoms with Gasteiger partial charge in [-0.3, -0.25) is 4.79 Å².